The van der Waals surface area contributed by atoms with Gasteiger partial charge in [-0.1, -0.05) is 46.9 Å². The number of carboxylic acids is 1. The third kappa shape index (κ3) is 4.60. The average molecular weight is 431 g/mol. The Kier molecular flexibility index (Phi) is 5.76. The van der Waals surface area contributed by atoms with Crippen LogP contribution in [0.2, 0.25) is 0 Å². The highest BCUT2D eigenvalue weighted by Crippen LogP contribution is 2.37. The lowest BCUT2D eigenvalue weighted by atomic mass is 10.1. The fourth-order valence-electron chi connectivity index (χ4n) is 2.87. The Labute approximate surface area is 171 Å². The lowest BCUT2D eigenvalue weighted by Crippen LogP contribution is -2.32. The van der Waals surface area contributed by atoms with Crippen LogP contribution in [0.3, 0.4) is 0 Å². The van der Waals surface area contributed by atoms with Gasteiger partial charge in [-0.2, -0.15) is 9.97 Å². The molecule has 1 aliphatic rings. The van der Waals surface area contributed by atoms with Crippen molar-refractivity contribution in [2.75, 3.05) is 32.1 Å². The summed E-state index contributed by atoms with van der Waals surface area (Å²) in [6, 6.07) is 6.59. The fourth-order valence-corrected chi connectivity index (χ4v) is 3.12. The predicted octanol–water partition coefficient (Wildman–Crippen LogP) is 3.20. The largest absolute Gasteiger partial charge is 0.478 e. The first kappa shape index (κ1) is 20.1. The van der Waals surface area contributed by atoms with E-state index >= 15 is 0 Å². The minimum Gasteiger partial charge on any atom is -0.478 e. The van der Waals surface area contributed by atoms with Gasteiger partial charge in [0.1, 0.15) is 0 Å². The van der Waals surface area contributed by atoms with E-state index in [1.165, 1.54) is 12.1 Å². The Hall–Kier alpha value is -1.67. The molecule has 3 rings (SSSR count). The van der Waals surface area contributed by atoms with E-state index in [-0.39, 0.29) is 11.4 Å². The van der Waals surface area contributed by atoms with Crippen LogP contribution in [-0.4, -0.2) is 64.2 Å². The lowest BCUT2D eigenvalue weighted by molar-refractivity contribution is 0.0697. The first-order valence-electron chi connectivity index (χ1n) is 8.23. The molecule has 1 saturated heterocycles. The Balaban J connectivity index is 2.00. The van der Waals surface area contributed by atoms with Gasteiger partial charge >= 0.3 is 5.97 Å². The molecule has 0 radical (unpaired) electrons. The zero-order chi connectivity index (χ0) is 19.8. The van der Waals surface area contributed by atoms with Crippen molar-refractivity contribution in [2.24, 2.45) is 0 Å². The van der Waals surface area contributed by atoms with Crippen molar-refractivity contribution in [3.05, 3.63) is 35.7 Å². The van der Waals surface area contributed by atoms with Crippen LogP contribution in [0.5, 0.6) is 0 Å². The topological polar surface area (TPSA) is 82.5 Å². The molecule has 0 bridgehead atoms. The van der Waals surface area contributed by atoms with E-state index in [1.807, 2.05) is 19.0 Å². The number of aromatic carboxylic acids is 1. The molecule has 1 aromatic heterocycles. The number of alkyl halides is 3. The number of benzene rings is 1. The third-order valence-corrected chi connectivity index (χ3v) is 4.95. The molecular weight excluding hydrogens is 413 g/mol. The maximum Gasteiger partial charge on any atom is 0.335 e. The van der Waals surface area contributed by atoms with E-state index in [4.69, 9.17) is 39.9 Å². The first-order chi connectivity index (χ1) is 12.6. The number of carbonyl (C=O) groups is 1. The van der Waals surface area contributed by atoms with Crippen LogP contribution >= 0.6 is 34.8 Å². The van der Waals surface area contributed by atoms with E-state index in [2.05, 4.69) is 19.9 Å². The number of hydrogen-bond donors (Lipinski definition) is 1. The zero-order valence-corrected chi connectivity index (χ0v) is 17.0. The second-order valence-corrected chi connectivity index (χ2v) is 8.80. The molecule has 1 atom stereocenters. The number of aromatic nitrogens is 3. The number of anilines is 1. The number of hydrogen-bond acceptors (Lipinski definition) is 6. The molecular formula is C17H18Cl3N5O2. The van der Waals surface area contributed by atoms with Crippen LogP contribution in [0.4, 0.5) is 5.95 Å². The number of carboxylic acid groups (broad SMARTS) is 1. The molecule has 0 saturated carbocycles. The van der Waals surface area contributed by atoms with Gasteiger partial charge in [0.25, 0.3) is 0 Å². The summed E-state index contributed by atoms with van der Waals surface area (Å²) in [5.41, 5.74) is 0.783. The first-order valence-corrected chi connectivity index (χ1v) is 9.37. The Morgan fingerprint density at radius 3 is 2.37 bits per heavy atom. The van der Waals surface area contributed by atoms with Gasteiger partial charge in [0.15, 0.2) is 11.6 Å². The molecule has 2 aromatic rings. The van der Waals surface area contributed by atoms with Crippen LogP contribution < -0.4 is 4.90 Å². The number of rotatable bonds is 4. The van der Waals surface area contributed by atoms with Gasteiger partial charge in [-0.05, 0) is 32.6 Å². The van der Waals surface area contributed by atoms with Crippen LogP contribution in [0.15, 0.2) is 24.3 Å². The second-order valence-electron chi connectivity index (χ2n) is 6.52. The van der Waals surface area contributed by atoms with Gasteiger partial charge in [-0.15, -0.1) is 0 Å². The third-order valence-electron chi connectivity index (χ3n) is 4.44. The maximum atomic E-state index is 11.0. The summed E-state index contributed by atoms with van der Waals surface area (Å²) in [5, 5.41) is 9.05. The van der Waals surface area contributed by atoms with Gasteiger partial charge in [-0.25, -0.2) is 9.78 Å². The highest BCUT2D eigenvalue weighted by atomic mass is 35.6. The van der Waals surface area contributed by atoms with Crippen molar-refractivity contribution in [2.45, 2.75) is 16.3 Å². The molecule has 0 amide bonds. The highest BCUT2D eigenvalue weighted by molar-refractivity contribution is 6.66. The van der Waals surface area contributed by atoms with Crippen LogP contribution in [0, 0.1) is 0 Å². The molecule has 1 aliphatic heterocycles. The Bertz CT molecular complexity index is 839. The van der Waals surface area contributed by atoms with E-state index in [1.54, 1.807) is 12.1 Å². The van der Waals surface area contributed by atoms with Crippen molar-refractivity contribution >= 4 is 46.7 Å². The zero-order valence-electron chi connectivity index (χ0n) is 14.7. The molecule has 1 unspecified atom stereocenters. The van der Waals surface area contributed by atoms with Crippen LogP contribution in [0.25, 0.3) is 11.4 Å². The maximum absolute atomic E-state index is 11.0. The fraction of sp³-hybridized carbons (Fsp3) is 0.412. The Morgan fingerprint density at radius 2 is 1.85 bits per heavy atom. The van der Waals surface area contributed by atoms with Crippen molar-refractivity contribution in [3.63, 3.8) is 0 Å². The van der Waals surface area contributed by atoms with Crippen molar-refractivity contribution in [3.8, 4) is 11.4 Å². The van der Waals surface area contributed by atoms with E-state index in [0.29, 0.717) is 23.4 Å². The molecule has 10 heteroatoms. The van der Waals surface area contributed by atoms with Crippen molar-refractivity contribution < 1.29 is 9.90 Å². The molecule has 0 aliphatic carbocycles. The van der Waals surface area contributed by atoms with Gasteiger partial charge in [0.05, 0.1) is 5.56 Å². The van der Waals surface area contributed by atoms with E-state index in [0.717, 1.165) is 19.5 Å². The van der Waals surface area contributed by atoms with Gasteiger partial charge in [0.2, 0.25) is 9.74 Å². The van der Waals surface area contributed by atoms with Crippen LogP contribution in [-0.2, 0) is 3.79 Å². The smallest absolute Gasteiger partial charge is 0.335 e. The number of nitrogens with zero attached hydrogens (tertiary/aromatic N) is 5. The highest BCUT2D eigenvalue weighted by Gasteiger charge is 2.31. The average Bonchev–Trinajstić information content (AvgIpc) is 3.11. The minimum atomic E-state index is -1.80. The standard InChI is InChI=1S/C17H18Cl3N5O2/c1-24(2)12-7-8-25(9-12)16-22-13(21-15(23-16)17(18,19)20)10-3-5-11(6-4-10)14(26)27/h3-6,12H,7-9H2,1-2H3,(H,26,27). The number of likely N-dealkylation sites (N-methyl/N-ethyl adjacent to an activating group) is 1. The van der Waals surface area contributed by atoms with Crippen molar-refractivity contribution in [1.29, 1.82) is 0 Å². The summed E-state index contributed by atoms with van der Waals surface area (Å²) in [7, 11) is 4.06. The predicted molar refractivity (Wildman–Crippen MR) is 106 cm³/mol. The van der Waals surface area contributed by atoms with Crippen molar-refractivity contribution in [1.82, 2.24) is 19.9 Å². The normalized spacial score (nSPS) is 17.6. The SMILES string of the molecule is CN(C)C1CCN(c2nc(-c3ccc(C(=O)O)cc3)nc(C(Cl)(Cl)Cl)n2)C1. The molecule has 2 heterocycles. The summed E-state index contributed by atoms with van der Waals surface area (Å²) in [6.45, 7) is 1.54. The molecule has 144 valence electrons. The van der Waals surface area contributed by atoms with Gasteiger partial charge in [0, 0.05) is 24.7 Å². The monoisotopic (exact) mass is 429 g/mol. The molecule has 1 N–H and O–H groups in total. The summed E-state index contributed by atoms with van der Waals surface area (Å²) in [5.74, 6) is -0.214. The summed E-state index contributed by atoms with van der Waals surface area (Å²) in [4.78, 5) is 28.4. The Morgan fingerprint density at radius 1 is 1.19 bits per heavy atom. The lowest BCUT2D eigenvalue weighted by Gasteiger charge is -2.21. The molecule has 1 fully saturated rings. The second kappa shape index (κ2) is 7.75. The van der Waals surface area contributed by atoms with Gasteiger partial charge in [-0.3, -0.25) is 0 Å². The molecule has 0 spiro atoms. The molecule has 1 aromatic carbocycles. The molecule has 7 nitrogen and oxygen atoms in total. The minimum absolute atomic E-state index is 0.0307. The quantitative estimate of drug-likeness (QED) is 0.746. The van der Waals surface area contributed by atoms with Gasteiger partial charge < -0.3 is 14.9 Å². The summed E-state index contributed by atoms with van der Waals surface area (Å²) >= 11 is 18.0. The summed E-state index contributed by atoms with van der Waals surface area (Å²) in [6.07, 6.45) is 0.977. The number of halogens is 3. The summed E-state index contributed by atoms with van der Waals surface area (Å²) < 4.78 is -1.80. The van der Waals surface area contributed by atoms with E-state index < -0.39 is 9.76 Å². The van der Waals surface area contributed by atoms with Crippen LogP contribution in [0.1, 0.15) is 22.6 Å². The molecule has 27 heavy (non-hydrogen) atoms. The van der Waals surface area contributed by atoms with E-state index in [9.17, 15) is 4.79 Å².